The molecule has 0 radical (unpaired) electrons. The van der Waals surface area contributed by atoms with Crippen molar-refractivity contribution in [1.82, 2.24) is 10.2 Å². The summed E-state index contributed by atoms with van der Waals surface area (Å²) in [5.74, 6) is 0. The minimum absolute atomic E-state index is 0.462. The molecule has 1 N–H and O–H groups in total. The van der Waals surface area contributed by atoms with Gasteiger partial charge in [-0.2, -0.15) is 13.2 Å². The van der Waals surface area contributed by atoms with Crippen LogP contribution in [0.5, 0.6) is 0 Å². The highest BCUT2D eigenvalue weighted by Gasteiger charge is 2.29. The van der Waals surface area contributed by atoms with Gasteiger partial charge in [-0.3, -0.25) is 4.90 Å². The molecule has 0 aromatic carbocycles. The number of alkyl halides is 3. The first-order valence-electron chi connectivity index (χ1n) is 6.37. The first kappa shape index (κ1) is 16.7. The molecule has 0 aliphatic carbocycles. The summed E-state index contributed by atoms with van der Waals surface area (Å²) in [7, 11) is 0. The highest BCUT2D eigenvalue weighted by molar-refractivity contribution is 4.62. The number of hydrogen-bond acceptors (Lipinski definition) is 2. The molecule has 0 spiro atoms. The Balaban J connectivity index is 3.50. The molecule has 5 heteroatoms. The van der Waals surface area contributed by atoms with Crippen LogP contribution in [0, 0.1) is 0 Å². The quantitative estimate of drug-likeness (QED) is 0.636. The minimum atomic E-state index is -4.07. The zero-order chi connectivity index (χ0) is 13.3. The summed E-state index contributed by atoms with van der Waals surface area (Å²) in [6, 6.07) is 0.479. The van der Waals surface area contributed by atoms with E-state index >= 15 is 0 Å². The van der Waals surface area contributed by atoms with Gasteiger partial charge in [0.15, 0.2) is 0 Å². The summed E-state index contributed by atoms with van der Waals surface area (Å²) < 4.78 is 36.5. The molecule has 104 valence electrons. The lowest BCUT2D eigenvalue weighted by molar-refractivity contribution is -0.145. The second kappa shape index (κ2) is 8.75. The number of hydrogen-bond donors (Lipinski definition) is 1. The van der Waals surface area contributed by atoms with Crippen LogP contribution in [0.15, 0.2) is 0 Å². The Bertz CT molecular complexity index is 181. The van der Waals surface area contributed by atoms with Crippen LogP contribution in [0.4, 0.5) is 13.2 Å². The second-order valence-corrected chi connectivity index (χ2v) is 4.65. The first-order chi connectivity index (χ1) is 7.85. The Hall–Kier alpha value is -0.290. The maximum Gasteiger partial charge on any atom is 0.401 e. The third-order valence-electron chi connectivity index (χ3n) is 2.55. The molecule has 0 fully saturated rings. The normalized spacial score (nSPS) is 12.7. The molecule has 0 aromatic heterocycles. The monoisotopic (exact) mass is 254 g/mol. The van der Waals surface area contributed by atoms with Gasteiger partial charge in [0.2, 0.25) is 0 Å². The average Bonchev–Trinajstić information content (AvgIpc) is 2.19. The molecular weight excluding hydrogens is 229 g/mol. The van der Waals surface area contributed by atoms with Crippen molar-refractivity contribution in [2.45, 2.75) is 52.3 Å². The van der Waals surface area contributed by atoms with Crippen LogP contribution >= 0.6 is 0 Å². The van der Waals surface area contributed by atoms with Crippen molar-refractivity contribution in [3.63, 3.8) is 0 Å². The molecule has 0 heterocycles. The lowest BCUT2D eigenvalue weighted by Gasteiger charge is -2.21. The highest BCUT2D eigenvalue weighted by atomic mass is 19.4. The van der Waals surface area contributed by atoms with Gasteiger partial charge in [-0.05, 0) is 32.5 Å². The smallest absolute Gasteiger partial charge is 0.315 e. The van der Waals surface area contributed by atoms with Crippen molar-refractivity contribution in [2.24, 2.45) is 0 Å². The zero-order valence-corrected chi connectivity index (χ0v) is 11.1. The first-order valence-corrected chi connectivity index (χ1v) is 6.37. The van der Waals surface area contributed by atoms with Crippen molar-refractivity contribution < 1.29 is 13.2 Å². The van der Waals surface area contributed by atoms with Gasteiger partial charge in [0.05, 0.1) is 6.54 Å². The summed E-state index contributed by atoms with van der Waals surface area (Å²) >= 11 is 0. The van der Waals surface area contributed by atoms with Crippen molar-refractivity contribution in [2.75, 3.05) is 26.2 Å². The van der Waals surface area contributed by atoms with E-state index in [-0.39, 0.29) is 0 Å². The van der Waals surface area contributed by atoms with Crippen LogP contribution in [0.3, 0.4) is 0 Å². The fourth-order valence-corrected chi connectivity index (χ4v) is 1.63. The standard InChI is InChI=1S/C12H25F3N2/c1-4-17(10-12(13,14)15)9-7-5-6-8-16-11(2)3/h11,16H,4-10H2,1-3H3. The minimum Gasteiger partial charge on any atom is -0.315 e. The van der Waals surface area contributed by atoms with Crippen LogP contribution < -0.4 is 5.32 Å². The van der Waals surface area contributed by atoms with Gasteiger partial charge in [0, 0.05) is 6.04 Å². The molecule has 0 saturated heterocycles. The lowest BCUT2D eigenvalue weighted by atomic mass is 10.2. The summed E-state index contributed by atoms with van der Waals surface area (Å²) in [6.07, 6.45) is -1.23. The average molecular weight is 254 g/mol. The fraction of sp³-hybridized carbons (Fsp3) is 1.00. The van der Waals surface area contributed by atoms with Gasteiger partial charge >= 0.3 is 6.18 Å². The molecule has 17 heavy (non-hydrogen) atoms. The van der Waals surface area contributed by atoms with Crippen LogP contribution in [0.1, 0.15) is 40.0 Å². The maximum atomic E-state index is 12.2. The molecule has 0 amide bonds. The SMILES string of the molecule is CCN(CCCCCNC(C)C)CC(F)(F)F. The van der Waals surface area contributed by atoms with E-state index in [0.717, 1.165) is 25.8 Å². The van der Waals surface area contributed by atoms with E-state index in [1.54, 1.807) is 6.92 Å². The highest BCUT2D eigenvalue weighted by Crippen LogP contribution is 2.16. The molecule has 0 unspecified atom stereocenters. The zero-order valence-electron chi connectivity index (χ0n) is 11.1. The van der Waals surface area contributed by atoms with Gasteiger partial charge < -0.3 is 5.32 Å². The van der Waals surface area contributed by atoms with Crippen LogP contribution in [-0.2, 0) is 0 Å². The predicted molar refractivity (Wildman–Crippen MR) is 65.2 cm³/mol. The van der Waals surface area contributed by atoms with E-state index in [2.05, 4.69) is 19.2 Å². The van der Waals surface area contributed by atoms with E-state index in [9.17, 15) is 13.2 Å². The van der Waals surface area contributed by atoms with Gasteiger partial charge in [-0.15, -0.1) is 0 Å². The topological polar surface area (TPSA) is 15.3 Å². The number of nitrogens with zero attached hydrogens (tertiary/aromatic N) is 1. The third-order valence-corrected chi connectivity index (χ3v) is 2.55. The maximum absolute atomic E-state index is 12.2. The summed E-state index contributed by atoms with van der Waals surface area (Å²) in [5, 5.41) is 3.29. The van der Waals surface area contributed by atoms with Crippen LogP contribution in [0.2, 0.25) is 0 Å². The molecule has 0 bridgehead atoms. The summed E-state index contributed by atoms with van der Waals surface area (Å²) in [6.45, 7) is 7.11. The summed E-state index contributed by atoms with van der Waals surface area (Å²) in [4.78, 5) is 1.45. The fourth-order valence-electron chi connectivity index (χ4n) is 1.63. The Morgan fingerprint density at radius 1 is 1.12 bits per heavy atom. The van der Waals surface area contributed by atoms with E-state index in [0.29, 0.717) is 19.1 Å². The van der Waals surface area contributed by atoms with E-state index in [1.807, 2.05) is 0 Å². The number of halogens is 3. The van der Waals surface area contributed by atoms with Crippen molar-refractivity contribution in [3.8, 4) is 0 Å². The molecule has 0 aromatic rings. The second-order valence-electron chi connectivity index (χ2n) is 4.65. The lowest BCUT2D eigenvalue weighted by Crippen LogP contribution is -2.34. The van der Waals surface area contributed by atoms with Crippen molar-refractivity contribution >= 4 is 0 Å². The predicted octanol–water partition coefficient (Wildman–Crippen LogP) is 3.04. The number of nitrogens with one attached hydrogen (secondary N) is 1. The van der Waals surface area contributed by atoms with Crippen molar-refractivity contribution in [3.05, 3.63) is 0 Å². The Morgan fingerprint density at radius 2 is 1.76 bits per heavy atom. The number of rotatable bonds is 9. The Morgan fingerprint density at radius 3 is 2.24 bits per heavy atom. The molecule has 0 rings (SSSR count). The molecule has 0 saturated carbocycles. The molecular formula is C12H25F3N2. The van der Waals surface area contributed by atoms with Gasteiger partial charge in [-0.1, -0.05) is 27.2 Å². The largest absolute Gasteiger partial charge is 0.401 e. The van der Waals surface area contributed by atoms with Gasteiger partial charge in [-0.25, -0.2) is 0 Å². The van der Waals surface area contributed by atoms with E-state index < -0.39 is 12.7 Å². The van der Waals surface area contributed by atoms with Crippen molar-refractivity contribution in [1.29, 1.82) is 0 Å². The number of unbranched alkanes of at least 4 members (excludes halogenated alkanes) is 2. The van der Waals surface area contributed by atoms with E-state index in [1.165, 1.54) is 4.90 Å². The Labute approximate surface area is 103 Å². The van der Waals surface area contributed by atoms with Gasteiger partial charge in [0.1, 0.15) is 0 Å². The van der Waals surface area contributed by atoms with Crippen LogP contribution in [0.25, 0.3) is 0 Å². The van der Waals surface area contributed by atoms with Gasteiger partial charge in [0.25, 0.3) is 0 Å². The third kappa shape index (κ3) is 12.0. The summed E-state index contributed by atoms with van der Waals surface area (Å²) in [5.41, 5.74) is 0. The molecule has 0 aliphatic rings. The molecule has 0 aliphatic heterocycles. The molecule has 0 atom stereocenters. The van der Waals surface area contributed by atoms with Crippen LogP contribution in [-0.4, -0.2) is 43.3 Å². The van der Waals surface area contributed by atoms with E-state index in [4.69, 9.17) is 0 Å². The Kier molecular flexibility index (Phi) is 8.60. The molecule has 2 nitrogen and oxygen atoms in total.